The number of dihydropyridines is 2. The Kier molecular flexibility index (Phi) is 10.2. The van der Waals surface area contributed by atoms with Crippen molar-refractivity contribution < 1.29 is 9.85 Å². The highest BCUT2D eigenvalue weighted by Gasteiger charge is 2.36. The predicted octanol–water partition coefficient (Wildman–Crippen LogP) is 7.87. The summed E-state index contributed by atoms with van der Waals surface area (Å²) in [6, 6.07) is 38.4. The molecule has 4 aromatic rings. The van der Waals surface area contributed by atoms with E-state index in [1.165, 1.54) is 70.1 Å². The van der Waals surface area contributed by atoms with Crippen LogP contribution in [0.25, 0.3) is 22.5 Å². The number of nitro benzene ring substituents is 2. The van der Waals surface area contributed by atoms with Crippen molar-refractivity contribution in [3.8, 4) is 24.3 Å². The molecule has 4 aromatic carbocycles. The maximum Gasteiger partial charge on any atom is 0.269 e. The van der Waals surface area contributed by atoms with Gasteiger partial charge in [0.2, 0.25) is 0 Å². The molecule has 2 aliphatic rings. The average molecular weight is 719 g/mol. The summed E-state index contributed by atoms with van der Waals surface area (Å²) >= 11 is 0. The van der Waals surface area contributed by atoms with Crippen LogP contribution in [0.4, 0.5) is 11.4 Å². The van der Waals surface area contributed by atoms with E-state index in [1.807, 2.05) is 60.7 Å². The summed E-state index contributed by atoms with van der Waals surface area (Å²) < 4.78 is 0. The van der Waals surface area contributed by atoms with Crippen molar-refractivity contribution in [1.82, 2.24) is 10.6 Å². The number of benzene rings is 4. The largest absolute Gasteiger partial charge is 0.367 e. The highest BCUT2D eigenvalue weighted by molar-refractivity contribution is 8.77. The van der Waals surface area contributed by atoms with Crippen LogP contribution in [0.2, 0.25) is 0 Å². The molecule has 0 bridgehead atoms. The highest BCUT2D eigenvalue weighted by atomic mass is 33.1. The van der Waals surface area contributed by atoms with Gasteiger partial charge in [0.05, 0.1) is 55.7 Å². The van der Waals surface area contributed by atoms with Crippen molar-refractivity contribution in [2.24, 2.45) is 0 Å². The molecule has 6 rings (SSSR count). The van der Waals surface area contributed by atoms with Crippen LogP contribution in [0.5, 0.6) is 0 Å². The van der Waals surface area contributed by atoms with Gasteiger partial charge in [-0.3, -0.25) is 20.2 Å². The summed E-state index contributed by atoms with van der Waals surface area (Å²) in [6.45, 7) is 0. The van der Waals surface area contributed by atoms with E-state index in [0.29, 0.717) is 44.8 Å². The van der Waals surface area contributed by atoms with Crippen molar-refractivity contribution in [2.45, 2.75) is 10.7 Å². The normalized spacial score (nSPS) is 16.8. The molecule has 0 aromatic heterocycles. The number of nitrogens with one attached hydrogen (secondary N) is 2. The molecule has 0 saturated heterocycles. The van der Waals surface area contributed by atoms with E-state index in [9.17, 15) is 41.3 Å². The van der Waals surface area contributed by atoms with Crippen LogP contribution in [-0.4, -0.2) is 20.6 Å². The first-order valence-electron chi connectivity index (χ1n) is 15.3. The van der Waals surface area contributed by atoms with Gasteiger partial charge in [0.1, 0.15) is 22.9 Å². The van der Waals surface area contributed by atoms with E-state index in [0.717, 1.165) is 0 Å². The molecule has 0 saturated carbocycles. The maximum absolute atomic E-state index is 11.4. The summed E-state index contributed by atoms with van der Waals surface area (Å²) in [4.78, 5) is 21.7. The first-order chi connectivity index (χ1) is 25.3. The number of hydrogen-bond acceptors (Lipinski definition) is 12. The molecule has 0 amide bonds. The molecular weight excluding hydrogens is 697 g/mol. The molecule has 2 atom stereocenters. The van der Waals surface area contributed by atoms with E-state index >= 15 is 0 Å². The van der Waals surface area contributed by atoms with Crippen molar-refractivity contribution in [3.63, 3.8) is 0 Å². The second-order valence-electron chi connectivity index (χ2n) is 11.1. The quantitative estimate of drug-likeness (QED) is 0.0963. The second-order valence-corrected chi connectivity index (χ2v) is 13.6. The topological polar surface area (TPSA) is 205 Å². The minimum atomic E-state index is -0.779. The summed E-state index contributed by atoms with van der Waals surface area (Å²) in [6.07, 6.45) is 0. The number of rotatable bonds is 9. The maximum atomic E-state index is 11.4. The first kappa shape index (κ1) is 34.8. The van der Waals surface area contributed by atoms with E-state index in [2.05, 4.69) is 34.9 Å². The minimum Gasteiger partial charge on any atom is -0.367 e. The third-order valence-corrected chi connectivity index (χ3v) is 10.9. The van der Waals surface area contributed by atoms with Crippen LogP contribution >= 0.6 is 21.6 Å². The fourth-order valence-corrected chi connectivity index (χ4v) is 8.43. The summed E-state index contributed by atoms with van der Waals surface area (Å²) in [7, 11) is 2.43. The zero-order chi connectivity index (χ0) is 36.8. The molecule has 0 fully saturated rings. The molecule has 12 nitrogen and oxygen atoms in total. The molecule has 250 valence electrons. The lowest BCUT2D eigenvalue weighted by molar-refractivity contribution is -0.385. The smallest absolute Gasteiger partial charge is 0.269 e. The molecular formula is C38H22N8O4S2. The lowest BCUT2D eigenvalue weighted by Gasteiger charge is -2.32. The molecule has 0 radical (unpaired) electrons. The Bertz CT molecular complexity index is 2230. The Balaban J connectivity index is 1.46. The summed E-state index contributed by atoms with van der Waals surface area (Å²) in [5.74, 6) is 0. The van der Waals surface area contributed by atoms with Gasteiger partial charge in [0.15, 0.2) is 0 Å². The second kappa shape index (κ2) is 15.2. The third-order valence-electron chi connectivity index (χ3n) is 8.18. The standard InChI is InChI=1S/C38H22N8O4S2/c39-19-29-33(23-11-15-27(16-12-23)45(47)48)31(21-41)37(43-35(29)25-7-3-1-4-8-25)51-52-38-32(22-42)34(24-13-17-28(18-14-24)46(49)50)30(20-40)36(44-38)26-9-5-2-6-10-26/h1-18,37-38,43-44H. The lowest BCUT2D eigenvalue weighted by Crippen LogP contribution is -2.34. The number of nitrogens with zero attached hydrogens (tertiary/aromatic N) is 6. The molecule has 14 heteroatoms. The van der Waals surface area contributed by atoms with Gasteiger partial charge in [-0.15, -0.1) is 0 Å². The number of nitro groups is 2. The molecule has 2 heterocycles. The molecule has 0 spiro atoms. The van der Waals surface area contributed by atoms with Crippen molar-refractivity contribution in [3.05, 3.63) is 174 Å². The number of non-ortho nitro benzene ring substituents is 2. The van der Waals surface area contributed by atoms with Crippen LogP contribution in [-0.2, 0) is 0 Å². The SMILES string of the molecule is N#CC1=C(c2ccccc2)NC(SSC2NC(c3ccccc3)=C(C#N)C(c3ccc([N+](=O)[O-])cc3)=C2C#N)C(C#N)=C1c1ccc([N+](=O)[O-])cc1. The van der Waals surface area contributed by atoms with Gasteiger partial charge in [-0.05, 0) is 46.5 Å². The van der Waals surface area contributed by atoms with Gasteiger partial charge in [0.25, 0.3) is 11.4 Å². The number of allylic oxidation sites excluding steroid dienone is 4. The van der Waals surface area contributed by atoms with Gasteiger partial charge in [0, 0.05) is 35.4 Å². The zero-order valence-electron chi connectivity index (χ0n) is 26.7. The molecule has 52 heavy (non-hydrogen) atoms. The monoisotopic (exact) mass is 718 g/mol. The molecule has 2 unspecified atom stereocenters. The summed E-state index contributed by atoms with van der Waals surface area (Å²) in [5.41, 5.74) is 4.18. The fraction of sp³-hybridized carbons (Fsp3) is 0.0526. The van der Waals surface area contributed by atoms with Gasteiger partial charge in [-0.25, -0.2) is 0 Å². The Hall–Kier alpha value is -7.10. The van der Waals surface area contributed by atoms with Crippen LogP contribution in [0.3, 0.4) is 0 Å². The predicted molar refractivity (Wildman–Crippen MR) is 198 cm³/mol. The number of nitriles is 4. The highest BCUT2D eigenvalue weighted by Crippen LogP contribution is 2.47. The lowest BCUT2D eigenvalue weighted by atomic mass is 9.88. The Morgan fingerprint density at radius 2 is 0.846 bits per heavy atom. The van der Waals surface area contributed by atoms with Crippen molar-refractivity contribution in [2.75, 3.05) is 0 Å². The van der Waals surface area contributed by atoms with Crippen LogP contribution in [0.1, 0.15) is 22.3 Å². The van der Waals surface area contributed by atoms with Gasteiger partial charge < -0.3 is 10.6 Å². The van der Waals surface area contributed by atoms with Gasteiger partial charge in [-0.2, -0.15) is 21.0 Å². The van der Waals surface area contributed by atoms with Crippen LogP contribution in [0.15, 0.2) is 131 Å². The molecule has 2 aliphatic heterocycles. The molecule has 2 N–H and O–H groups in total. The van der Waals surface area contributed by atoms with Crippen LogP contribution < -0.4 is 10.6 Å². The average Bonchev–Trinajstić information content (AvgIpc) is 3.19. The Morgan fingerprint density at radius 3 is 1.13 bits per heavy atom. The fourth-order valence-electron chi connectivity index (χ4n) is 5.80. The Morgan fingerprint density at radius 1 is 0.500 bits per heavy atom. The Labute approximate surface area is 305 Å². The van der Waals surface area contributed by atoms with Crippen molar-refractivity contribution >= 4 is 55.5 Å². The van der Waals surface area contributed by atoms with Gasteiger partial charge >= 0.3 is 0 Å². The van der Waals surface area contributed by atoms with E-state index in [4.69, 9.17) is 0 Å². The first-order valence-corrected chi connectivity index (χ1v) is 17.6. The minimum absolute atomic E-state index is 0.147. The summed E-state index contributed by atoms with van der Waals surface area (Å²) in [5, 5.41) is 70.0. The van der Waals surface area contributed by atoms with E-state index < -0.39 is 20.6 Å². The van der Waals surface area contributed by atoms with E-state index in [1.54, 1.807) is 0 Å². The molecule has 0 aliphatic carbocycles. The van der Waals surface area contributed by atoms with E-state index in [-0.39, 0.29) is 33.7 Å². The number of hydrogen-bond donors (Lipinski definition) is 2. The zero-order valence-corrected chi connectivity index (χ0v) is 28.3. The third kappa shape index (κ3) is 6.72. The van der Waals surface area contributed by atoms with Crippen molar-refractivity contribution in [1.29, 1.82) is 21.0 Å². The van der Waals surface area contributed by atoms with Gasteiger partial charge in [-0.1, -0.05) is 82.3 Å². The van der Waals surface area contributed by atoms with Crippen LogP contribution in [0, 0.1) is 65.6 Å².